The minimum Gasteiger partial charge on any atom is -0.456 e. The van der Waals surface area contributed by atoms with Crippen molar-refractivity contribution >= 4 is 21.9 Å². The molecular formula is C19H22O. The SMILES string of the molecule is Cc1c(C(C)C)cc(C(C)C)c2oc3ccccc3c12. The fraction of sp³-hybridized carbons (Fsp3) is 0.368. The van der Waals surface area contributed by atoms with Crippen LogP contribution in [0.4, 0.5) is 0 Å². The lowest BCUT2D eigenvalue weighted by Gasteiger charge is -2.15. The molecule has 0 fully saturated rings. The van der Waals surface area contributed by atoms with Gasteiger partial charge >= 0.3 is 0 Å². The summed E-state index contributed by atoms with van der Waals surface area (Å²) in [4.78, 5) is 0. The molecule has 0 bridgehead atoms. The molecule has 0 aliphatic heterocycles. The predicted octanol–water partition coefficient (Wildman–Crippen LogP) is 6.14. The van der Waals surface area contributed by atoms with Crippen molar-refractivity contribution in [3.63, 3.8) is 0 Å². The first-order chi connectivity index (χ1) is 9.50. The van der Waals surface area contributed by atoms with Crippen molar-refractivity contribution in [2.75, 3.05) is 0 Å². The molecule has 3 aromatic rings. The number of hydrogen-bond donors (Lipinski definition) is 0. The average Bonchev–Trinajstić information content (AvgIpc) is 2.77. The summed E-state index contributed by atoms with van der Waals surface area (Å²) in [5.74, 6) is 1.00. The van der Waals surface area contributed by atoms with E-state index in [2.05, 4.69) is 58.9 Å². The number of hydrogen-bond acceptors (Lipinski definition) is 1. The lowest BCUT2D eigenvalue weighted by molar-refractivity contribution is 0.656. The first-order valence-corrected chi connectivity index (χ1v) is 7.45. The number of furan rings is 1. The highest BCUT2D eigenvalue weighted by Gasteiger charge is 2.18. The normalized spacial score (nSPS) is 12.2. The van der Waals surface area contributed by atoms with Gasteiger partial charge in [-0.25, -0.2) is 0 Å². The van der Waals surface area contributed by atoms with Crippen molar-refractivity contribution < 1.29 is 4.42 Å². The van der Waals surface area contributed by atoms with Crippen LogP contribution in [0.5, 0.6) is 0 Å². The van der Waals surface area contributed by atoms with Crippen LogP contribution in [0.1, 0.15) is 56.2 Å². The summed E-state index contributed by atoms with van der Waals surface area (Å²) in [6.45, 7) is 11.2. The highest BCUT2D eigenvalue weighted by molar-refractivity contribution is 6.08. The Morgan fingerprint density at radius 3 is 2.20 bits per heavy atom. The van der Waals surface area contributed by atoms with E-state index in [0.717, 1.165) is 11.2 Å². The van der Waals surface area contributed by atoms with Gasteiger partial charge < -0.3 is 4.42 Å². The van der Waals surface area contributed by atoms with Gasteiger partial charge in [0.1, 0.15) is 11.2 Å². The molecule has 0 aliphatic carbocycles. The molecule has 2 aromatic carbocycles. The number of rotatable bonds is 2. The molecule has 0 saturated heterocycles. The number of aryl methyl sites for hydroxylation is 1. The van der Waals surface area contributed by atoms with Gasteiger partial charge in [-0.3, -0.25) is 0 Å². The second kappa shape index (κ2) is 4.66. The minimum atomic E-state index is 0.469. The third-order valence-electron chi connectivity index (χ3n) is 4.22. The molecule has 0 spiro atoms. The second-order valence-electron chi connectivity index (χ2n) is 6.29. The lowest BCUT2D eigenvalue weighted by atomic mass is 9.89. The van der Waals surface area contributed by atoms with E-state index in [4.69, 9.17) is 4.42 Å². The van der Waals surface area contributed by atoms with Crippen molar-refractivity contribution in [2.45, 2.75) is 46.5 Å². The Balaban J connectivity index is 2.53. The van der Waals surface area contributed by atoms with Crippen LogP contribution in [0.25, 0.3) is 21.9 Å². The summed E-state index contributed by atoms with van der Waals surface area (Å²) in [6.07, 6.45) is 0. The maximum atomic E-state index is 6.16. The quantitative estimate of drug-likeness (QED) is 0.543. The van der Waals surface area contributed by atoms with Gasteiger partial charge in [-0.2, -0.15) is 0 Å². The zero-order valence-corrected chi connectivity index (χ0v) is 12.9. The minimum absolute atomic E-state index is 0.469. The first-order valence-electron chi connectivity index (χ1n) is 7.45. The Labute approximate surface area is 120 Å². The summed E-state index contributed by atoms with van der Waals surface area (Å²) >= 11 is 0. The number of para-hydroxylation sites is 1. The predicted molar refractivity (Wildman–Crippen MR) is 86.6 cm³/mol. The van der Waals surface area contributed by atoms with Gasteiger partial charge in [-0.15, -0.1) is 0 Å². The summed E-state index contributed by atoms with van der Waals surface area (Å²) in [5.41, 5.74) is 6.19. The van der Waals surface area contributed by atoms with Crippen LogP contribution in [-0.4, -0.2) is 0 Å². The molecule has 0 N–H and O–H groups in total. The van der Waals surface area contributed by atoms with Gasteiger partial charge in [0.25, 0.3) is 0 Å². The summed E-state index contributed by atoms with van der Waals surface area (Å²) in [6, 6.07) is 10.7. The van der Waals surface area contributed by atoms with E-state index in [0.29, 0.717) is 11.8 Å². The Bertz CT molecular complexity index is 775. The highest BCUT2D eigenvalue weighted by Crippen LogP contribution is 2.39. The van der Waals surface area contributed by atoms with Crippen LogP contribution in [-0.2, 0) is 0 Å². The Kier molecular flexibility index (Phi) is 3.08. The molecular weight excluding hydrogens is 244 g/mol. The van der Waals surface area contributed by atoms with Crippen molar-refractivity contribution in [3.8, 4) is 0 Å². The molecule has 0 radical (unpaired) electrons. The molecule has 3 rings (SSSR count). The van der Waals surface area contributed by atoms with Gasteiger partial charge in [0.2, 0.25) is 0 Å². The van der Waals surface area contributed by atoms with Crippen molar-refractivity contribution in [3.05, 3.63) is 47.0 Å². The third-order valence-corrected chi connectivity index (χ3v) is 4.22. The zero-order chi connectivity index (χ0) is 14.4. The summed E-state index contributed by atoms with van der Waals surface area (Å²) in [7, 11) is 0. The van der Waals surface area contributed by atoms with Crippen LogP contribution in [0.3, 0.4) is 0 Å². The number of benzene rings is 2. The summed E-state index contributed by atoms with van der Waals surface area (Å²) in [5, 5.41) is 2.54. The second-order valence-corrected chi connectivity index (χ2v) is 6.29. The van der Waals surface area contributed by atoms with E-state index in [9.17, 15) is 0 Å². The van der Waals surface area contributed by atoms with E-state index < -0.39 is 0 Å². The van der Waals surface area contributed by atoms with Gasteiger partial charge in [-0.05, 0) is 41.5 Å². The van der Waals surface area contributed by atoms with Gasteiger partial charge in [-0.1, -0.05) is 52.0 Å². The fourth-order valence-corrected chi connectivity index (χ4v) is 3.14. The van der Waals surface area contributed by atoms with Crippen LogP contribution in [0, 0.1) is 6.92 Å². The molecule has 0 amide bonds. The van der Waals surface area contributed by atoms with Crippen molar-refractivity contribution in [1.29, 1.82) is 0 Å². The maximum absolute atomic E-state index is 6.16. The molecule has 0 aliphatic rings. The van der Waals surface area contributed by atoms with Gasteiger partial charge in [0, 0.05) is 10.8 Å². The molecule has 1 heteroatoms. The monoisotopic (exact) mass is 266 g/mol. The highest BCUT2D eigenvalue weighted by atomic mass is 16.3. The van der Waals surface area contributed by atoms with Crippen LogP contribution >= 0.6 is 0 Å². The molecule has 0 atom stereocenters. The van der Waals surface area contributed by atoms with Gasteiger partial charge in [0.05, 0.1) is 0 Å². The molecule has 1 nitrogen and oxygen atoms in total. The van der Waals surface area contributed by atoms with E-state index in [1.165, 1.54) is 27.5 Å². The molecule has 0 saturated carbocycles. The Morgan fingerprint density at radius 2 is 1.55 bits per heavy atom. The molecule has 104 valence electrons. The zero-order valence-electron chi connectivity index (χ0n) is 12.9. The topological polar surface area (TPSA) is 13.1 Å². The Morgan fingerprint density at radius 1 is 0.900 bits per heavy atom. The molecule has 1 heterocycles. The van der Waals surface area contributed by atoms with E-state index in [1.54, 1.807) is 0 Å². The van der Waals surface area contributed by atoms with E-state index >= 15 is 0 Å². The standard InChI is InChI=1S/C19H22O/c1-11(2)15-10-16(12(3)4)19-18(13(15)5)14-8-6-7-9-17(14)20-19/h6-12H,1-5H3. The average molecular weight is 266 g/mol. The molecule has 0 unspecified atom stereocenters. The fourth-order valence-electron chi connectivity index (χ4n) is 3.14. The smallest absolute Gasteiger partial charge is 0.139 e. The molecule has 20 heavy (non-hydrogen) atoms. The van der Waals surface area contributed by atoms with Crippen LogP contribution in [0.15, 0.2) is 34.7 Å². The van der Waals surface area contributed by atoms with E-state index in [1.807, 2.05) is 6.07 Å². The van der Waals surface area contributed by atoms with Crippen LogP contribution in [0.2, 0.25) is 0 Å². The van der Waals surface area contributed by atoms with Crippen molar-refractivity contribution in [1.82, 2.24) is 0 Å². The summed E-state index contributed by atoms with van der Waals surface area (Å²) < 4.78 is 6.16. The van der Waals surface area contributed by atoms with Crippen LogP contribution < -0.4 is 0 Å². The largest absolute Gasteiger partial charge is 0.456 e. The number of fused-ring (bicyclic) bond motifs is 3. The first kappa shape index (κ1) is 13.2. The molecule has 1 aromatic heterocycles. The maximum Gasteiger partial charge on any atom is 0.139 e. The third kappa shape index (κ3) is 1.84. The van der Waals surface area contributed by atoms with Crippen molar-refractivity contribution in [2.24, 2.45) is 0 Å². The van der Waals surface area contributed by atoms with Gasteiger partial charge in [0.15, 0.2) is 0 Å². The van der Waals surface area contributed by atoms with E-state index in [-0.39, 0.29) is 0 Å². The Hall–Kier alpha value is -1.76. The lowest BCUT2D eigenvalue weighted by Crippen LogP contribution is -1.97.